The van der Waals surface area contributed by atoms with Crippen LogP contribution in [0.4, 0.5) is 0 Å². The summed E-state index contributed by atoms with van der Waals surface area (Å²) < 4.78 is 0. The highest BCUT2D eigenvalue weighted by Gasteiger charge is 1.77. The van der Waals surface area contributed by atoms with Gasteiger partial charge in [-0.05, 0) is 19.8 Å². The molecule has 0 aliphatic rings. The Kier molecular flexibility index (Phi) is 7.47. The van der Waals surface area contributed by atoms with E-state index in [0.29, 0.717) is 5.82 Å². The number of hydrogen-bond acceptors (Lipinski definition) is 3. The van der Waals surface area contributed by atoms with Crippen molar-refractivity contribution in [2.24, 2.45) is 0 Å². The first-order valence-electron chi connectivity index (χ1n) is 4.25. The van der Waals surface area contributed by atoms with Gasteiger partial charge < -0.3 is 10.8 Å². The minimum absolute atomic E-state index is 0.620. The van der Waals surface area contributed by atoms with Crippen molar-refractivity contribution in [2.75, 3.05) is 6.54 Å². The summed E-state index contributed by atoms with van der Waals surface area (Å²) in [5, 5.41) is 13.3. The normalized spacial score (nSPS) is 8.92. The van der Waals surface area contributed by atoms with Gasteiger partial charge in [-0.1, -0.05) is 13.3 Å². The average Bonchev–Trinajstić information content (AvgIpc) is 2.53. The summed E-state index contributed by atoms with van der Waals surface area (Å²) in [6.07, 6.45) is 3.97. The molecule has 0 aromatic carbocycles. The Morgan fingerprint density at radius 3 is 2.33 bits per heavy atom. The summed E-state index contributed by atoms with van der Waals surface area (Å²) in [6.45, 7) is 5.05. The highest BCUT2D eigenvalue weighted by atomic mass is 15.5. The molecule has 0 radical (unpaired) electrons. The number of aromatic nitrogens is 4. The van der Waals surface area contributed by atoms with Crippen LogP contribution < -0.4 is 10.8 Å². The highest BCUT2D eigenvalue weighted by Crippen LogP contribution is 1.87. The first kappa shape index (κ1) is 11.0. The van der Waals surface area contributed by atoms with Gasteiger partial charge in [0.05, 0.1) is 6.54 Å². The topological polar surface area (TPSA) is 80.4 Å². The van der Waals surface area contributed by atoms with Gasteiger partial charge in [0.15, 0.2) is 0 Å². The SMILES string of the molecule is CCCCC[NH3+].Cc1nnn[n-]1. The average molecular weight is 171 g/mol. The number of hydrogen-bond donors (Lipinski definition) is 1. The van der Waals surface area contributed by atoms with E-state index >= 15 is 0 Å². The Morgan fingerprint density at radius 2 is 2.17 bits per heavy atom. The first-order chi connectivity index (χ1) is 5.81. The van der Waals surface area contributed by atoms with E-state index in [1.165, 1.54) is 19.3 Å². The maximum atomic E-state index is 3.72. The fourth-order valence-electron chi connectivity index (χ4n) is 0.616. The molecular formula is C7H17N5. The van der Waals surface area contributed by atoms with Crippen LogP contribution in [0, 0.1) is 6.92 Å². The van der Waals surface area contributed by atoms with Gasteiger partial charge in [0.2, 0.25) is 0 Å². The molecule has 3 N–H and O–H groups in total. The molecule has 0 spiro atoms. The second kappa shape index (κ2) is 8.13. The van der Waals surface area contributed by atoms with E-state index < -0.39 is 0 Å². The van der Waals surface area contributed by atoms with Crippen molar-refractivity contribution in [3.63, 3.8) is 0 Å². The van der Waals surface area contributed by atoms with Crippen LogP contribution in [-0.2, 0) is 0 Å². The van der Waals surface area contributed by atoms with Gasteiger partial charge in [-0.15, -0.1) is 0 Å². The number of unbranched alkanes of at least 4 members (excludes halogenated alkanes) is 2. The Labute approximate surface area is 72.7 Å². The Hall–Kier alpha value is -0.970. The summed E-state index contributed by atoms with van der Waals surface area (Å²) in [5.41, 5.74) is 3.72. The Bertz CT molecular complexity index is 156. The summed E-state index contributed by atoms with van der Waals surface area (Å²) in [7, 11) is 0. The molecule has 70 valence electrons. The predicted octanol–water partition coefficient (Wildman–Crippen LogP) is -0.444. The zero-order chi connectivity index (χ0) is 9.23. The molecule has 0 bridgehead atoms. The molecule has 0 fully saturated rings. The van der Waals surface area contributed by atoms with Crippen LogP contribution in [0.15, 0.2) is 0 Å². The molecule has 1 rings (SSSR count). The second-order valence-electron chi connectivity index (χ2n) is 2.49. The molecule has 0 unspecified atom stereocenters. The van der Waals surface area contributed by atoms with E-state index in [2.05, 4.69) is 33.3 Å². The summed E-state index contributed by atoms with van der Waals surface area (Å²) in [6, 6.07) is 0. The van der Waals surface area contributed by atoms with E-state index in [4.69, 9.17) is 0 Å². The summed E-state index contributed by atoms with van der Waals surface area (Å²) in [4.78, 5) is 0. The fourth-order valence-corrected chi connectivity index (χ4v) is 0.616. The maximum absolute atomic E-state index is 3.72. The molecule has 12 heavy (non-hydrogen) atoms. The summed E-state index contributed by atoms with van der Waals surface area (Å²) >= 11 is 0. The van der Waals surface area contributed by atoms with Crippen molar-refractivity contribution in [1.82, 2.24) is 20.6 Å². The zero-order valence-electron chi connectivity index (χ0n) is 7.82. The Balaban J connectivity index is 0.000000202. The third kappa shape index (κ3) is 7.14. The lowest BCUT2D eigenvalue weighted by Crippen LogP contribution is -2.49. The van der Waals surface area contributed by atoms with Crippen LogP contribution in [0.2, 0.25) is 0 Å². The van der Waals surface area contributed by atoms with Crippen LogP contribution in [0.25, 0.3) is 0 Å². The van der Waals surface area contributed by atoms with E-state index in [-0.39, 0.29) is 0 Å². The van der Waals surface area contributed by atoms with E-state index in [1.54, 1.807) is 6.92 Å². The minimum Gasteiger partial charge on any atom is -0.358 e. The largest absolute Gasteiger partial charge is 0.358 e. The number of tetrazole rings is 1. The van der Waals surface area contributed by atoms with Gasteiger partial charge in [-0.2, -0.15) is 5.21 Å². The van der Waals surface area contributed by atoms with Crippen molar-refractivity contribution in [3.8, 4) is 0 Å². The van der Waals surface area contributed by atoms with Gasteiger partial charge in [-0.3, -0.25) is 10.3 Å². The van der Waals surface area contributed by atoms with Gasteiger partial charge in [0.25, 0.3) is 0 Å². The van der Waals surface area contributed by atoms with Crippen LogP contribution >= 0.6 is 0 Å². The highest BCUT2D eigenvalue weighted by molar-refractivity contribution is 4.63. The van der Waals surface area contributed by atoms with Crippen LogP contribution in [-0.4, -0.2) is 22.1 Å². The fraction of sp³-hybridized carbons (Fsp3) is 0.857. The lowest BCUT2D eigenvalue weighted by Gasteiger charge is -1.84. The molecule has 5 heteroatoms. The van der Waals surface area contributed by atoms with Crippen molar-refractivity contribution in [2.45, 2.75) is 33.1 Å². The van der Waals surface area contributed by atoms with Gasteiger partial charge in [0.1, 0.15) is 0 Å². The molecule has 5 nitrogen and oxygen atoms in total. The van der Waals surface area contributed by atoms with Crippen LogP contribution in [0.3, 0.4) is 0 Å². The van der Waals surface area contributed by atoms with E-state index in [9.17, 15) is 0 Å². The molecular weight excluding hydrogens is 154 g/mol. The van der Waals surface area contributed by atoms with Crippen LogP contribution in [0.1, 0.15) is 32.0 Å². The minimum atomic E-state index is 0.620. The molecule has 0 aliphatic carbocycles. The molecule has 0 amide bonds. The lowest BCUT2D eigenvalue weighted by atomic mass is 10.3. The molecule has 0 saturated heterocycles. The quantitative estimate of drug-likeness (QED) is 0.625. The number of nitrogens with zero attached hydrogens (tertiary/aromatic N) is 4. The molecule has 1 heterocycles. The molecule has 1 aromatic heterocycles. The van der Waals surface area contributed by atoms with Crippen molar-refractivity contribution < 1.29 is 5.73 Å². The van der Waals surface area contributed by atoms with Crippen molar-refractivity contribution >= 4 is 0 Å². The third-order valence-electron chi connectivity index (χ3n) is 1.27. The Morgan fingerprint density at radius 1 is 1.42 bits per heavy atom. The van der Waals surface area contributed by atoms with Gasteiger partial charge in [-0.25, -0.2) is 0 Å². The van der Waals surface area contributed by atoms with E-state index in [0.717, 1.165) is 6.54 Å². The number of aryl methyl sites for hydroxylation is 1. The van der Waals surface area contributed by atoms with Crippen molar-refractivity contribution in [3.05, 3.63) is 5.82 Å². The predicted molar refractivity (Wildman–Crippen MR) is 45.2 cm³/mol. The van der Waals surface area contributed by atoms with Crippen LogP contribution in [0.5, 0.6) is 0 Å². The molecule has 0 aliphatic heterocycles. The maximum Gasteiger partial charge on any atom is 0.0739 e. The second-order valence-corrected chi connectivity index (χ2v) is 2.49. The smallest absolute Gasteiger partial charge is 0.0739 e. The summed E-state index contributed by atoms with van der Waals surface area (Å²) in [5.74, 6) is 0.620. The first-order valence-corrected chi connectivity index (χ1v) is 4.25. The number of rotatable bonds is 3. The zero-order valence-corrected chi connectivity index (χ0v) is 7.82. The number of quaternary nitrogens is 1. The molecule has 0 saturated carbocycles. The van der Waals surface area contributed by atoms with Crippen molar-refractivity contribution in [1.29, 1.82) is 0 Å². The monoisotopic (exact) mass is 171 g/mol. The van der Waals surface area contributed by atoms with Gasteiger partial charge >= 0.3 is 0 Å². The lowest BCUT2D eigenvalue weighted by molar-refractivity contribution is -0.368. The standard InChI is InChI=1S/C5H13N.C2H3N4/c1-2-3-4-5-6;1-2-3-5-6-4-2/h2-6H2,1H3;1H3/q;-1/p+1. The molecule has 1 aromatic rings. The van der Waals surface area contributed by atoms with E-state index in [1.807, 2.05) is 0 Å². The third-order valence-corrected chi connectivity index (χ3v) is 1.27. The molecule has 0 atom stereocenters. The van der Waals surface area contributed by atoms with Gasteiger partial charge in [0, 0.05) is 5.82 Å².